The van der Waals surface area contributed by atoms with Crippen molar-refractivity contribution in [3.63, 3.8) is 0 Å². The first-order valence-corrected chi connectivity index (χ1v) is 12.9. The smallest absolute Gasteiger partial charge is 0.260 e. The average Bonchev–Trinajstić information content (AvgIpc) is 3.22. The van der Waals surface area contributed by atoms with Crippen LogP contribution in [0.2, 0.25) is 0 Å². The lowest BCUT2D eigenvalue weighted by molar-refractivity contribution is 0.0391. The summed E-state index contributed by atoms with van der Waals surface area (Å²) >= 11 is 1.31. The number of carbonyl (C=O) groups excluding carboxylic acids is 1. The quantitative estimate of drug-likeness (QED) is 0.481. The summed E-state index contributed by atoms with van der Waals surface area (Å²) in [6.07, 6.45) is 1.18. The third-order valence-corrected chi connectivity index (χ3v) is 7.48. The molecule has 1 amide bonds. The van der Waals surface area contributed by atoms with Gasteiger partial charge < -0.3 is 9.47 Å². The van der Waals surface area contributed by atoms with Crippen molar-refractivity contribution in [3.8, 4) is 5.75 Å². The molecule has 2 aromatic carbocycles. The van der Waals surface area contributed by atoms with Crippen molar-refractivity contribution in [1.29, 1.82) is 0 Å². The van der Waals surface area contributed by atoms with Crippen LogP contribution in [0, 0.1) is 0 Å². The van der Waals surface area contributed by atoms with Gasteiger partial charge in [-0.2, -0.15) is 0 Å². The number of nitrogens with zero attached hydrogens (tertiary/aromatic N) is 3. The number of anilines is 1. The fourth-order valence-corrected chi connectivity index (χ4v) is 5.23. The Morgan fingerprint density at radius 3 is 2.52 bits per heavy atom. The van der Waals surface area contributed by atoms with E-state index in [0.717, 1.165) is 17.8 Å². The van der Waals surface area contributed by atoms with Crippen LogP contribution in [0.25, 0.3) is 10.2 Å². The monoisotopic (exact) mass is 511 g/mol. The van der Waals surface area contributed by atoms with Gasteiger partial charge in [-0.1, -0.05) is 11.3 Å². The number of carbonyl (C=O) groups is 1. The number of amides is 1. The maximum absolute atomic E-state index is 13.4. The summed E-state index contributed by atoms with van der Waals surface area (Å²) in [4.78, 5) is 22.2. The summed E-state index contributed by atoms with van der Waals surface area (Å²) in [5, 5.41) is 0.541. The van der Waals surface area contributed by atoms with E-state index < -0.39 is 9.84 Å². The van der Waals surface area contributed by atoms with E-state index in [-0.39, 0.29) is 23.2 Å². The van der Waals surface area contributed by atoms with Gasteiger partial charge in [0, 0.05) is 38.0 Å². The van der Waals surface area contributed by atoms with Gasteiger partial charge in [0.2, 0.25) is 0 Å². The summed E-state index contributed by atoms with van der Waals surface area (Å²) < 4.78 is 35.2. The van der Waals surface area contributed by atoms with Crippen LogP contribution in [0.5, 0.6) is 5.75 Å². The molecule has 0 bridgehead atoms. The zero-order chi connectivity index (χ0) is 22.7. The van der Waals surface area contributed by atoms with Gasteiger partial charge in [0.25, 0.3) is 5.91 Å². The Kier molecular flexibility index (Phi) is 8.30. The first-order chi connectivity index (χ1) is 15.3. The number of hydrogen-bond acceptors (Lipinski definition) is 8. The molecule has 0 unspecified atom stereocenters. The molecule has 178 valence electrons. The minimum atomic E-state index is -3.33. The van der Waals surface area contributed by atoms with Gasteiger partial charge in [-0.25, -0.2) is 13.4 Å². The van der Waals surface area contributed by atoms with Crippen LogP contribution in [-0.4, -0.2) is 77.0 Å². The minimum Gasteiger partial charge on any atom is -0.497 e. The lowest BCUT2D eigenvalue weighted by Gasteiger charge is -2.29. The van der Waals surface area contributed by atoms with Crippen molar-refractivity contribution in [2.45, 2.75) is 4.90 Å². The molecular weight excluding hydrogens is 486 g/mol. The Hall–Kier alpha value is -2.24. The van der Waals surface area contributed by atoms with Crippen molar-refractivity contribution in [1.82, 2.24) is 9.88 Å². The second kappa shape index (κ2) is 10.8. The highest BCUT2D eigenvalue weighted by Gasteiger charge is 2.23. The summed E-state index contributed by atoms with van der Waals surface area (Å²) in [5.74, 6) is 0.512. The fourth-order valence-electron chi connectivity index (χ4n) is 3.48. The zero-order valence-electron chi connectivity index (χ0n) is 18.4. The van der Waals surface area contributed by atoms with Crippen LogP contribution < -0.4 is 9.64 Å². The van der Waals surface area contributed by atoms with E-state index in [1.54, 1.807) is 54.5 Å². The van der Waals surface area contributed by atoms with Gasteiger partial charge in [0.05, 0.1) is 35.4 Å². The standard InChI is InChI=1S/C22H25N3O5S2.ClH/c1-29-17-5-3-16(4-6-17)21(26)25(10-9-24-11-13-30-14-12-24)22-23-19-8-7-18(32(2,27)28)15-20(19)31-22;/h3-8,15H,9-14H2,1-2H3;1H. The molecule has 0 aliphatic carbocycles. The molecule has 1 aliphatic rings. The van der Waals surface area contributed by atoms with Crippen LogP contribution in [0.3, 0.4) is 0 Å². The van der Waals surface area contributed by atoms with E-state index in [1.165, 1.54) is 17.6 Å². The first-order valence-electron chi connectivity index (χ1n) is 10.2. The molecule has 1 aromatic heterocycles. The Bertz CT molecular complexity index is 1210. The first kappa shape index (κ1) is 25.4. The SMILES string of the molecule is COc1ccc(C(=O)N(CCN2CCOCC2)c2nc3ccc(S(C)(=O)=O)cc3s2)cc1.Cl. The molecule has 1 saturated heterocycles. The van der Waals surface area contributed by atoms with E-state index in [1.807, 2.05) is 0 Å². The molecule has 4 rings (SSSR count). The predicted molar refractivity (Wildman–Crippen MR) is 132 cm³/mol. The fraction of sp³-hybridized carbons (Fsp3) is 0.364. The molecule has 1 fully saturated rings. The Labute approximate surface area is 203 Å². The lowest BCUT2D eigenvalue weighted by Crippen LogP contribution is -2.43. The van der Waals surface area contributed by atoms with Crippen LogP contribution in [0.1, 0.15) is 10.4 Å². The highest BCUT2D eigenvalue weighted by atomic mass is 35.5. The van der Waals surface area contributed by atoms with Gasteiger partial charge in [-0.3, -0.25) is 14.6 Å². The molecule has 0 N–H and O–H groups in total. The molecule has 33 heavy (non-hydrogen) atoms. The predicted octanol–water partition coefficient (Wildman–Crippen LogP) is 3.11. The molecule has 0 saturated carbocycles. The van der Waals surface area contributed by atoms with Gasteiger partial charge in [0.15, 0.2) is 15.0 Å². The number of hydrogen-bond donors (Lipinski definition) is 0. The lowest BCUT2D eigenvalue weighted by atomic mass is 10.2. The Morgan fingerprint density at radius 1 is 1.18 bits per heavy atom. The largest absolute Gasteiger partial charge is 0.497 e. The Balaban J connectivity index is 0.00000306. The number of halogens is 1. The van der Waals surface area contributed by atoms with Gasteiger partial charge in [0.1, 0.15) is 5.75 Å². The van der Waals surface area contributed by atoms with Crippen molar-refractivity contribution >= 4 is 54.8 Å². The molecule has 0 radical (unpaired) electrons. The summed E-state index contributed by atoms with van der Waals surface area (Å²) in [6.45, 7) is 4.16. The molecular formula is C22H26ClN3O5S2. The van der Waals surface area contributed by atoms with Crippen molar-refractivity contribution < 1.29 is 22.7 Å². The number of thiazole rings is 1. The Morgan fingerprint density at radius 2 is 1.88 bits per heavy atom. The molecule has 1 aliphatic heterocycles. The van der Waals surface area contributed by atoms with Crippen LogP contribution in [0.4, 0.5) is 5.13 Å². The van der Waals surface area contributed by atoms with Crippen molar-refractivity contribution in [2.24, 2.45) is 0 Å². The summed E-state index contributed by atoms with van der Waals surface area (Å²) in [5.41, 5.74) is 1.19. The molecule has 11 heteroatoms. The second-order valence-corrected chi connectivity index (χ2v) is 10.6. The van der Waals surface area contributed by atoms with E-state index >= 15 is 0 Å². The van der Waals surface area contributed by atoms with Crippen molar-refractivity contribution in [3.05, 3.63) is 48.0 Å². The minimum absolute atomic E-state index is 0. The van der Waals surface area contributed by atoms with Crippen LogP contribution in [-0.2, 0) is 14.6 Å². The zero-order valence-corrected chi connectivity index (χ0v) is 20.8. The van der Waals surface area contributed by atoms with E-state index in [0.29, 0.717) is 48.3 Å². The second-order valence-electron chi connectivity index (χ2n) is 7.54. The van der Waals surface area contributed by atoms with E-state index in [9.17, 15) is 13.2 Å². The topological polar surface area (TPSA) is 89.0 Å². The number of methoxy groups -OCH3 is 1. The molecule has 0 spiro atoms. The van der Waals surface area contributed by atoms with Gasteiger partial charge in [-0.15, -0.1) is 12.4 Å². The van der Waals surface area contributed by atoms with E-state index in [4.69, 9.17) is 9.47 Å². The highest BCUT2D eigenvalue weighted by molar-refractivity contribution is 7.90. The van der Waals surface area contributed by atoms with Gasteiger partial charge >= 0.3 is 0 Å². The number of rotatable bonds is 7. The average molecular weight is 512 g/mol. The normalized spacial score (nSPS) is 14.6. The number of benzene rings is 2. The van der Waals surface area contributed by atoms with Crippen molar-refractivity contribution in [2.75, 3.05) is 57.7 Å². The van der Waals surface area contributed by atoms with Crippen LogP contribution in [0.15, 0.2) is 47.4 Å². The number of ether oxygens (including phenoxy) is 2. The molecule has 8 nitrogen and oxygen atoms in total. The summed E-state index contributed by atoms with van der Waals surface area (Å²) in [6, 6.07) is 11.8. The number of aromatic nitrogens is 1. The maximum atomic E-state index is 13.4. The number of sulfone groups is 1. The third-order valence-electron chi connectivity index (χ3n) is 5.33. The molecule has 2 heterocycles. The highest BCUT2D eigenvalue weighted by Crippen LogP contribution is 2.31. The number of fused-ring (bicyclic) bond motifs is 1. The molecule has 0 atom stereocenters. The van der Waals surface area contributed by atoms with Gasteiger partial charge in [-0.05, 0) is 42.5 Å². The number of morpholine rings is 1. The summed E-state index contributed by atoms with van der Waals surface area (Å²) in [7, 11) is -1.75. The third kappa shape index (κ3) is 6.01. The molecule has 3 aromatic rings. The van der Waals surface area contributed by atoms with E-state index in [2.05, 4.69) is 9.88 Å². The van der Waals surface area contributed by atoms with Crippen LogP contribution >= 0.6 is 23.7 Å². The maximum Gasteiger partial charge on any atom is 0.260 e.